The van der Waals surface area contributed by atoms with Crippen LogP contribution in [0.3, 0.4) is 0 Å². The number of nitro groups is 1. The van der Waals surface area contributed by atoms with Crippen molar-refractivity contribution >= 4 is 28.6 Å². The highest BCUT2D eigenvalue weighted by Gasteiger charge is 2.45. The van der Waals surface area contributed by atoms with Gasteiger partial charge in [-0.1, -0.05) is 6.07 Å². The van der Waals surface area contributed by atoms with Gasteiger partial charge in [-0.2, -0.15) is 0 Å². The van der Waals surface area contributed by atoms with Gasteiger partial charge in [0.25, 0.3) is 5.69 Å². The van der Waals surface area contributed by atoms with Crippen LogP contribution in [0.2, 0.25) is 0 Å². The first kappa shape index (κ1) is 12.3. The number of fused-ring (bicyclic) bond motifs is 1. The van der Waals surface area contributed by atoms with Gasteiger partial charge in [0.05, 0.1) is 4.92 Å². The van der Waals surface area contributed by atoms with Gasteiger partial charge in [0, 0.05) is 18.1 Å². The summed E-state index contributed by atoms with van der Waals surface area (Å²) in [6.45, 7) is 0. The highest BCUT2D eigenvalue weighted by atomic mass is 32.2. The number of imide groups is 1. The smallest absolute Gasteiger partial charge is 0.258 e. The Hall–Kier alpha value is -1.73. The second-order valence-electron chi connectivity index (χ2n) is 4.69. The average molecular weight is 279 g/mol. The summed E-state index contributed by atoms with van der Waals surface area (Å²) in [7, 11) is 0. The Morgan fingerprint density at radius 1 is 1.37 bits per heavy atom. The molecule has 0 radical (unpaired) electrons. The molecule has 2 unspecified atom stereocenters. The van der Waals surface area contributed by atoms with E-state index in [0.29, 0.717) is 0 Å². The molecule has 3 rings (SSSR count). The van der Waals surface area contributed by atoms with Gasteiger partial charge in [-0.05, 0) is 35.7 Å². The number of hydrogen-bond donors (Lipinski definition) is 1. The van der Waals surface area contributed by atoms with Crippen LogP contribution in [0.1, 0.15) is 23.5 Å². The molecule has 19 heavy (non-hydrogen) atoms. The van der Waals surface area contributed by atoms with E-state index in [1.54, 1.807) is 12.1 Å². The van der Waals surface area contributed by atoms with Gasteiger partial charge in [0.1, 0.15) is 5.25 Å². The lowest BCUT2D eigenvalue weighted by Crippen LogP contribution is -2.88. The summed E-state index contributed by atoms with van der Waals surface area (Å²) in [5.41, 5.74) is 1.97. The van der Waals surface area contributed by atoms with E-state index in [1.165, 1.54) is 6.07 Å². The first-order chi connectivity index (χ1) is 9.06. The third-order valence-corrected chi connectivity index (χ3v) is 4.78. The van der Waals surface area contributed by atoms with Gasteiger partial charge < -0.3 is 0 Å². The molecule has 2 aliphatic rings. The number of carbonyl (C=O) groups is 2. The molecule has 1 aromatic rings. The highest BCUT2D eigenvalue weighted by molar-refractivity contribution is 8.14. The largest absolute Gasteiger partial charge is 0.380 e. The van der Waals surface area contributed by atoms with Crippen molar-refractivity contribution in [3.63, 3.8) is 0 Å². The molecule has 98 valence electrons. The third-order valence-electron chi connectivity index (χ3n) is 3.61. The number of non-ortho nitro benzene ring substituents is 1. The number of nitro benzene ring substituents is 1. The topological polar surface area (TPSA) is 93.9 Å². The van der Waals surface area contributed by atoms with Gasteiger partial charge in [0.2, 0.25) is 0 Å². The monoisotopic (exact) mass is 279 g/mol. The summed E-state index contributed by atoms with van der Waals surface area (Å²) in [6, 6.07) is 4.76. The summed E-state index contributed by atoms with van der Waals surface area (Å²) in [5, 5.41) is 11.3. The Balaban J connectivity index is 1.92. The lowest BCUT2D eigenvalue weighted by molar-refractivity contribution is -0.456. The van der Waals surface area contributed by atoms with Crippen molar-refractivity contribution in [2.24, 2.45) is 0 Å². The third kappa shape index (κ3) is 2.04. The van der Waals surface area contributed by atoms with Crippen LogP contribution in [0.15, 0.2) is 18.2 Å². The molecule has 1 aliphatic heterocycles. The molecule has 1 saturated heterocycles. The molecular formula is C12H11N2O4S+. The van der Waals surface area contributed by atoms with E-state index in [-0.39, 0.29) is 28.0 Å². The molecule has 2 N–H and O–H groups in total. The van der Waals surface area contributed by atoms with Crippen LogP contribution in [0.25, 0.3) is 0 Å². The van der Waals surface area contributed by atoms with Gasteiger partial charge >= 0.3 is 11.1 Å². The number of benzene rings is 1. The summed E-state index contributed by atoms with van der Waals surface area (Å²) >= 11 is 1.07. The predicted octanol–water partition coefficient (Wildman–Crippen LogP) is 0.950. The van der Waals surface area contributed by atoms with Crippen LogP contribution in [0, 0.1) is 10.1 Å². The minimum atomic E-state index is -0.416. The maximum absolute atomic E-state index is 11.8. The van der Waals surface area contributed by atoms with Gasteiger partial charge in [-0.15, -0.1) is 0 Å². The number of amides is 2. The normalized spacial score (nSPS) is 25.7. The zero-order chi connectivity index (χ0) is 13.6. The molecule has 6 nitrogen and oxygen atoms in total. The lowest BCUT2D eigenvalue weighted by atomic mass is 9.97. The summed E-state index contributed by atoms with van der Waals surface area (Å²) in [4.78, 5) is 33.3. The van der Waals surface area contributed by atoms with Crippen molar-refractivity contribution in [2.75, 3.05) is 0 Å². The highest BCUT2D eigenvalue weighted by Crippen LogP contribution is 2.41. The second-order valence-corrected chi connectivity index (χ2v) is 5.84. The van der Waals surface area contributed by atoms with E-state index < -0.39 is 4.92 Å². The molecule has 0 bridgehead atoms. The van der Waals surface area contributed by atoms with Crippen molar-refractivity contribution < 1.29 is 19.8 Å². The average Bonchev–Trinajstić information content (AvgIpc) is 2.91. The molecule has 7 heteroatoms. The Morgan fingerprint density at radius 3 is 2.79 bits per heavy atom. The number of carbonyl (C=O) groups excluding carboxylic acids is 2. The minimum Gasteiger partial charge on any atom is -0.258 e. The van der Waals surface area contributed by atoms with Crippen molar-refractivity contribution in [1.29, 1.82) is 0 Å². The number of thioether (sulfide) groups is 1. The summed E-state index contributed by atoms with van der Waals surface area (Å²) < 4.78 is 0. The maximum Gasteiger partial charge on any atom is 0.380 e. The van der Waals surface area contributed by atoms with Crippen molar-refractivity contribution in [2.45, 2.75) is 24.0 Å². The molecule has 2 atom stereocenters. The van der Waals surface area contributed by atoms with E-state index in [9.17, 15) is 19.7 Å². The number of nitrogens with zero attached hydrogens (tertiary/aromatic N) is 1. The number of primary amides is 2. The van der Waals surface area contributed by atoms with Gasteiger partial charge in [-0.3, -0.25) is 10.1 Å². The SMILES string of the molecule is O=C1[NH2+]C(=O)C(C2CCc3cc([N+](=O)[O-])ccc32)S1. The van der Waals surface area contributed by atoms with Crippen molar-refractivity contribution in [3.05, 3.63) is 39.4 Å². The van der Waals surface area contributed by atoms with E-state index in [2.05, 4.69) is 0 Å². The number of rotatable bonds is 2. The van der Waals surface area contributed by atoms with Crippen LogP contribution in [0.4, 0.5) is 10.5 Å². The molecule has 1 fully saturated rings. The lowest BCUT2D eigenvalue weighted by Gasteiger charge is -2.13. The van der Waals surface area contributed by atoms with Crippen LogP contribution in [-0.4, -0.2) is 21.3 Å². The molecule has 1 aliphatic carbocycles. The van der Waals surface area contributed by atoms with E-state index in [4.69, 9.17) is 0 Å². The van der Waals surface area contributed by atoms with Crippen LogP contribution >= 0.6 is 11.8 Å². The standard InChI is InChI=1S/C12H10N2O4S/c15-11-10(19-12(16)13-11)9-3-1-6-5-7(14(17)18)2-4-8(6)9/h2,4-5,9-10H,1,3H2,(H,13,15,16)/p+1. The van der Waals surface area contributed by atoms with Crippen molar-refractivity contribution in [1.82, 2.24) is 0 Å². The van der Waals surface area contributed by atoms with Crippen LogP contribution in [0.5, 0.6) is 0 Å². The molecule has 2 amide bonds. The Morgan fingerprint density at radius 2 is 2.16 bits per heavy atom. The fourth-order valence-electron chi connectivity index (χ4n) is 2.76. The van der Waals surface area contributed by atoms with Gasteiger partial charge in [-0.25, -0.2) is 14.9 Å². The zero-order valence-corrected chi connectivity index (χ0v) is 10.7. The number of nitrogens with two attached hydrogens (primary N) is 1. The van der Waals surface area contributed by atoms with Crippen LogP contribution in [-0.2, 0) is 11.2 Å². The second kappa shape index (κ2) is 4.43. The van der Waals surface area contributed by atoms with Gasteiger partial charge in [0.15, 0.2) is 0 Å². The van der Waals surface area contributed by atoms with E-state index in [1.807, 2.05) is 0 Å². The molecule has 1 heterocycles. The fourth-order valence-corrected chi connectivity index (χ4v) is 3.83. The quantitative estimate of drug-likeness (QED) is 0.642. The van der Waals surface area contributed by atoms with Crippen LogP contribution < -0.4 is 5.32 Å². The van der Waals surface area contributed by atoms with E-state index >= 15 is 0 Å². The van der Waals surface area contributed by atoms with E-state index in [0.717, 1.165) is 41.0 Å². The first-order valence-electron chi connectivity index (χ1n) is 5.92. The Kier molecular flexibility index (Phi) is 2.87. The first-order valence-corrected chi connectivity index (χ1v) is 6.80. The molecule has 0 saturated carbocycles. The minimum absolute atomic E-state index is 0.00370. The molecule has 0 aromatic heterocycles. The zero-order valence-electron chi connectivity index (χ0n) is 9.87. The summed E-state index contributed by atoms with van der Waals surface area (Å²) in [6.07, 6.45) is 1.49. The Bertz CT molecular complexity index is 601. The fraction of sp³-hybridized carbons (Fsp3) is 0.333. The predicted molar refractivity (Wildman–Crippen MR) is 67.9 cm³/mol. The number of quaternary nitrogens is 1. The molecule has 1 aromatic carbocycles. The number of aryl methyl sites for hydroxylation is 1. The maximum atomic E-state index is 11.8. The molecule has 0 spiro atoms. The summed E-state index contributed by atoms with van der Waals surface area (Å²) in [5.74, 6) is -0.137. The Labute approximate surface area is 112 Å². The van der Waals surface area contributed by atoms with Crippen molar-refractivity contribution in [3.8, 4) is 0 Å². The number of hydrogen-bond acceptors (Lipinski definition) is 5. The molecular weight excluding hydrogens is 268 g/mol.